The zero-order chi connectivity index (χ0) is 21.4. The van der Waals surface area contributed by atoms with Gasteiger partial charge in [-0.1, -0.05) is 0 Å². The first kappa shape index (κ1) is 24.8. The quantitative estimate of drug-likeness (QED) is 0.126. The number of hydrazine groups is 1. The highest BCUT2D eigenvalue weighted by molar-refractivity contribution is 5.87. The number of rotatable bonds is 12. The fourth-order valence-electron chi connectivity index (χ4n) is 1.57. The molecule has 6 N–H and O–H groups in total. The van der Waals surface area contributed by atoms with Crippen LogP contribution in [0, 0.1) is 0 Å². The van der Waals surface area contributed by atoms with Crippen molar-refractivity contribution in [3.05, 3.63) is 0 Å². The Morgan fingerprint density at radius 1 is 0.821 bits per heavy atom. The van der Waals surface area contributed by atoms with Crippen LogP contribution in [0.3, 0.4) is 0 Å². The van der Waals surface area contributed by atoms with Crippen molar-refractivity contribution in [1.82, 2.24) is 21.7 Å². The molecule has 28 heavy (non-hydrogen) atoms. The van der Waals surface area contributed by atoms with E-state index in [2.05, 4.69) is 31.9 Å². The number of nitrogens with one attached hydrogen (secondary N) is 4. The van der Waals surface area contributed by atoms with Crippen LogP contribution in [0.25, 0.3) is 0 Å². The molecule has 0 rings (SSSR count). The Morgan fingerprint density at radius 3 is 1.71 bits per heavy atom. The minimum Gasteiger partial charge on any atom is -0.462 e. The lowest BCUT2D eigenvalue weighted by atomic mass is 10.2. The molecule has 0 saturated carbocycles. The third kappa shape index (κ3) is 15.1. The number of carbonyl (C=O) groups is 4. The third-order valence-corrected chi connectivity index (χ3v) is 2.94. The van der Waals surface area contributed by atoms with Crippen LogP contribution in [0.5, 0.6) is 0 Å². The average molecular weight is 401 g/mol. The second-order valence-electron chi connectivity index (χ2n) is 5.43. The summed E-state index contributed by atoms with van der Waals surface area (Å²) in [6.07, 6.45) is 0.725. The van der Waals surface area contributed by atoms with Crippen molar-refractivity contribution < 1.29 is 28.7 Å². The minimum atomic E-state index is -0.791. The fourth-order valence-corrected chi connectivity index (χ4v) is 1.57. The molecule has 0 aromatic rings. The molecule has 0 aromatic carbocycles. The Hall–Kier alpha value is -3.22. The van der Waals surface area contributed by atoms with Crippen LogP contribution in [-0.2, 0) is 19.1 Å². The van der Waals surface area contributed by atoms with Gasteiger partial charge in [0.25, 0.3) is 0 Å². The average Bonchev–Trinajstić information content (AvgIpc) is 2.64. The van der Waals surface area contributed by atoms with E-state index in [-0.39, 0.29) is 32.5 Å². The Labute approximate surface area is 162 Å². The van der Waals surface area contributed by atoms with Crippen LogP contribution >= 0.6 is 0 Å². The zero-order valence-corrected chi connectivity index (χ0v) is 16.2. The van der Waals surface area contributed by atoms with Crippen molar-refractivity contribution in [3.63, 3.8) is 0 Å². The van der Waals surface area contributed by atoms with E-state index in [4.69, 9.17) is 15.2 Å². The van der Waals surface area contributed by atoms with Gasteiger partial charge in [-0.15, -0.1) is 0 Å². The van der Waals surface area contributed by atoms with Crippen LogP contribution in [0.4, 0.5) is 9.59 Å². The largest absolute Gasteiger partial charge is 0.462 e. The molecule has 0 spiro atoms. The molecule has 4 amide bonds. The van der Waals surface area contributed by atoms with Gasteiger partial charge in [0.2, 0.25) is 0 Å². The maximum absolute atomic E-state index is 11.6. The number of amides is 4. The molecule has 13 heteroatoms. The number of carbonyl (C=O) groups excluding carboxylic acids is 4. The summed E-state index contributed by atoms with van der Waals surface area (Å²) < 4.78 is 9.85. The van der Waals surface area contributed by atoms with Gasteiger partial charge in [-0.2, -0.15) is 10.2 Å². The van der Waals surface area contributed by atoms with Gasteiger partial charge in [-0.25, -0.2) is 25.9 Å². The molecular weight excluding hydrogens is 374 g/mol. The predicted octanol–water partition coefficient (Wildman–Crippen LogP) is -0.513. The van der Waals surface area contributed by atoms with E-state index in [0.29, 0.717) is 17.8 Å². The second-order valence-corrected chi connectivity index (χ2v) is 5.43. The van der Waals surface area contributed by atoms with Crippen LogP contribution < -0.4 is 27.4 Å². The molecule has 0 unspecified atom stereocenters. The number of primary amides is 1. The number of ether oxygens (including phenoxy) is 2. The molecule has 0 aliphatic heterocycles. The molecule has 0 atom stereocenters. The summed E-state index contributed by atoms with van der Waals surface area (Å²) >= 11 is 0. The lowest BCUT2D eigenvalue weighted by Crippen LogP contribution is -2.40. The summed E-state index contributed by atoms with van der Waals surface area (Å²) in [6, 6.07) is -1.32. The predicted molar refractivity (Wildman–Crippen MR) is 100 cm³/mol. The Balaban J connectivity index is 3.84. The van der Waals surface area contributed by atoms with Gasteiger partial charge >= 0.3 is 24.0 Å². The molecule has 0 bridgehead atoms. The lowest BCUT2D eigenvalue weighted by Gasteiger charge is -2.07. The fraction of sp³-hybridized carbons (Fsp3) is 0.600. The lowest BCUT2D eigenvalue weighted by molar-refractivity contribution is -0.152. The van der Waals surface area contributed by atoms with Crippen LogP contribution in [0.1, 0.15) is 39.5 Å². The molecule has 13 nitrogen and oxygen atoms in total. The first-order valence-electron chi connectivity index (χ1n) is 8.40. The first-order chi connectivity index (χ1) is 13.2. The maximum atomic E-state index is 11.6. The molecule has 0 aromatic heterocycles. The van der Waals surface area contributed by atoms with E-state index in [1.54, 1.807) is 13.8 Å². The molecule has 0 saturated heterocycles. The number of urea groups is 2. The van der Waals surface area contributed by atoms with Crippen molar-refractivity contribution in [1.29, 1.82) is 0 Å². The zero-order valence-electron chi connectivity index (χ0n) is 16.2. The van der Waals surface area contributed by atoms with Gasteiger partial charge in [0.15, 0.2) is 0 Å². The first-order valence-corrected chi connectivity index (χ1v) is 8.40. The molecule has 0 heterocycles. The van der Waals surface area contributed by atoms with E-state index in [0.717, 1.165) is 0 Å². The Kier molecular flexibility index (Phi) is 13.2. The molecule has 158 valence electrons. The van der Waals surface area contributed by atoms with Crippen LogP contribution in [0.15, 0.2) is 10.2 Å². The summed E-state index contributed by atoms with van der Waals surface area (Å²) in [5, 5.41) is 7.45. The van der Waals surface area contributed by atoms with Gasteiger partial charge in [-0.3, -0.25) is 15.0 Å². The van der Waals surface area contributed by atoms with E-state index < -0.39 is 24.0 Å². The summed E-state index contributed by atoms with van der Waals surface area (Å²) in [4.78, 5) is 44.7. The Bertz CT molecular complexity index is 606. The van der Waals surface area contributed by atoms with Gasteiger partial charge in [0.05, 0.1) is 12.8 Å². The summed E-state index contributed by atoms with van der Waals surface area (Å²) in [6.45, 7) is 3.14. The van der Waals surface area contributed by atoms with E-state index in [1.807, 2.05) is 0 Å². The summed E-state index contributed by atoms with van der Waals surface area (Å²) in [5.41, 5.74) is 14.9. The number of nitrogens with zero attached hydrogens (tertiary/aromatic N) is 2. The summed E-state index contributed by atoms with van der Waals surface area (Å²) in [7, 11) is 1.53. The van der Waals surface area contributed by atoms with Crippen molar-refractivity contribution in [2.45, 2.75) is 39.5 Å². The maximum Gasteiger partial charge on any atom is 0.349 e. The van der Waals surface area contributed by atoms with E-state index >= 15 is 0 Å². The molecule has 0 aliphatic rings. The molecule has 0 fully saturated rings. The second kappa shape index (κ2) is 14.9. The van der Waals surface area contributed by atoms with Crippen molar-refractivity contribution in [2.24, 2.45) is 15.9 Å². The van der Waals surface area contributed by atoms with Crippen molar-refractivity contribution in [2.75, 3.05) is 20.3 Å². The smallest absolute Gasteiger partial charge is 0.349 e. The van der Waals surface area contributed by atoms with Gasteiger partial charge < -0.3 is 15.2 Å². The highest BCUT2D eigenvalue weighted by Crippen LogP contribution is 1.98. The topological polar surface area (TPSA) is 186 Å². The normalized spacial score (nSPS) is 11.4. The van der Waals surface area contributed by atoms with Crippen molar-refractivity contribution >= 4 is 35.4 Å². The number of hydrogen-bond donors (Lipinski definition) is 5. The summed E-state index contributed by atoms with van der Waals surface area (Å²) in [5.74, 6) is -0.968. The number of nitrogens with two attached hydrogens (primary N) is 1. The monoisotopic (exact) mass is 401 g/mol. The third-order valence-electron chi connectivity index (χ3n) is 2.94. The molecule has 0 aliphatic carbocycles. The van der Waals surface area contributed by atoms with Gasteiger partial charge in [-0.05, 0) is 26.7 Å². The van der Waals surface area contributed by atoms with E-state index in [9.17, 15) is 19.2 Å². The minimum absolute atomic E-state index is 0.0630. The van der Waals surface area contributed by atoms with Gasteiger partial charge in [0, 0.05) is 18.5 Å². The highest BCUT2D eigenvalue weighted by Gasteiger charge is 2.07. The Morgan fingerprint density at radius 2 is 1.29 bits per heavy atom. The number of hydrazone groups is 2. The number of hydrogen-bond acceptors (Lipinski definition) is 9. The molecule has 0 radical (unpaired) electrons. The molecular formula is C15H27N7O6. The van der Waals surface area contributed by atoms with Crippen molar-refractivity contribution in [3.8, 4) is 0 Å². The highest BCUT2D eigenvalue weighted by atomic mass is 16.6. The number of esters is 2. The van der Waals surface area contributed by atoms with Crippen LogP contribution in [-0.4, -0.2) is 55.7 Å². The standard InChI is InChI=1S/C15H27N7O6/c1-10(18-20-14(16)25)4-6-12(23)27-8-9-28-13(24)7-5-11(2)19-22-15(26)21-17-3/h17H,4-9H2,1-3H3,(H3,16,20,25)(H2,21,22,26)/b18-10+,19-11+. The van der Waals surface area contributed by atoms with Gasteiger partial charge in [0.1, 0.15) is 13.2 Å². The van der Waals surface area contributed by atoms with E-state index in [1.165, 1.54) is 7.05 Å². The SMILES string of the molecule is CNNC(=O)N/N=C(\C)CCC(=O)OCCOC(=O)CC/C(C)=N/NC(N)=O. The van der Waals surface area contributed by atoms with Crippen LogP contribution in [0.2, 0.25) is 0 Å².